The van der Waals surface area contributed by atoms with Crippen molar-refractivity contribution in [1.82, 2.24) is 0 Å². The van der Waals surface area contributed by atoms with E-state index in [-0.39, 0.29) is 11.9 Å². The number of benzene rings is 1. The summed E-state index contributed by atoms with van der Waals surface area (Å²) < 4.78 is 4.94. The average molecular weight is 291 g/mol. The Kier molecular flexibility index (Phi) is 5.20. The molecule has 21 heavy (non-hydrogen) atoms. The van der Waals surface area contributed by atoms with Gasteiger partial charge in [0.25, 0.3) is 0 Å². The Balaban J connectivity index is 1.87. The maximum atomic E-state index is 11.5. The van der Waals surface area contributed by atoms with Gasteiger partial charge in [0.2, 0.25) is 0 Å². The Labute approximate surface area is 124 Å². The SMILES string of the molecule is CCOC(=O)c1ccc(NC2CCC(C(=O)O)CC2)cc1. The summed E-state index contributed by atoms with van der Waals surface area (Å²) in [5, 5.41) is 12.4. The number of carboxylic acid groups (broad SMARTS) is 1. The third-order valence-corrected chi connectivity index (χ3v) is 3.84. The van der Waals surface area contributed by atoms with E-state index < -0.39 is 5.97 Å². The number of aliphatic carboxylic acids is 1. The molecule has 0 spiro atoms. The minimum atomic E-state index is -0.688. The van der Waals surface area contributed by atoms with E-state index >= 15 is 0 Å². The van der Waals surface area contributed by atoms with Crippen molar-refractivity contribution in [2.24, 2.45) is 5.92 Å². The summed E-state index contributed by atoms with van der Waals surface area (Å²) in [6.45, 7) is 2.15. The number of rotatable bonds is 5. The predicted molar refractivity (Wildman–Crippen MR) is 79.4 cm³/mol. The van der Waals surface area contributed by atoms with E-state index in [2.05, 4.69) is 5.32 Å². The van der Waals surface area contributed by atoms with Gasteiger partial charge in [-0.15, -0.1) is 0 Å². The molecule has 1 aromatic carbocycles. The van der Waals surface area contributed by atoms with Gasteiger partial charge in [0.15, 0.2) is 0 Å². The van der Waals surface area contributed by atoms with Gasteiger partial charge in [-0.1, -0.05) is 0 Å². The molecular formula is C16H21NO4. The molecule has 1 fully saturated rings. The van der Waals surface area contributed by atoms with Crippen molar-refractivity contribution >= 4 is 17.6 Å². The summed E-state index contributed by atoms with van der Waals surface area (Å²) in [7, 11) is 0. The second-order valence-electron chi connectivity index (χ2n) is 5.33. The Morgan fingerprint density at radius 2 is 1.81 bits per heavy atom. The van der Waals surface area contributed by atoms with Gasteiger partial charge in [-0.3, -0.25) is 4.79 Å². The lowest BCUT2D eigenvalue weighted by molar-refractivity contribution is -0.142. The summed E-state index contributed by atoms with van der Waals surface area (Å²) >= 11 is 0. The van der Waals surface area contributed by atoms with Gasteiger partial charge in [-0.05, 0) is 56.9 Å². The monoisotopic (exact) mass is 291 g/mol. The Bertz CT molecular complexity index is 490. The van der Waals surface area contributed by atoms with Crippen LogP contribution in [0.3, 0.4) is 0 Å². The zero-order chi connectivity index (χ0) is 15.2. The molecule has 0 amide bonds. The first-order valence-corrected chi connectivity index (χ1v) is 7.36. The van der Waals surface area contributed by atoms with E-state index in [4.69, 9.17) is 9.84 Å². The van der Waals surface area contributed by atoms with E-state index in [0.29, 0.717) is 31.1 Å². The Morgan fingerprint density at radius 3 is 2.33 bits per heavy atom. The largest absolute Gasteiger partial charge is 0.481 e. The first-order valence-electron chi connectivity index (χ1n) is 7.36. The smallest absolute Gasteiger partial charge is 0.338 e. The molecule has 1 aliphatic rings. The van der Waals surface area contributed by atoms with E-state index in [1.54, 1.807) is 19.1 Å². The van der Waals surface area contributed by atoms with Gasteiger partial charge in [-0.2, -0.15) is 0 Å². The molecule has 0 unspecified atom stereocenters. The number of ether oxygens (including phenoxy) is 1. The molecule has 114 valence electrons. The lowest BCUT2D eigenvalue weighted by Gasteiger charge is -2.27. The Hall–Kier alpha value is -2.04. The van der Waals surface area contributed by atoms with E-state index in [9.17, 15) is 9.59 Å². The maximum absolute atomic E-state index is 11.5. The Morgan fingerprint density at radius 1 is 1.19 bits per heavy atom. The fraction of sp³-hybridized carbons (Fsp3) is 0.500. The minimum absolute atomic E-state index is 0.200. The molecule has 1 saturated carbocycles. The molecule has 5 nitrogen and oxygen atoms in total. The highest BCUT2D eigenvalue weighted by Crippen LogP contribution is 2.26. The topological polar surface area (TPSA) is 75.6 Å². The van der Waals surface area contributed by atoms with Gasteiger partial charge in [0, 0.05) is 11.7 Å². The van der Waals surface area contributed by atoms with Gasteiger partial charge >= 0.3 is 11.9 Å². The van der Waals surface area contributed by atoms with Gasteiger partial charge in [0.05, 0.1) is 18.1 Å². The third kappa shape index (κ3) is 4.21. The summed E-state index contributed by atoms with van der Waals surface area (Å²) in [6, 6.07) is 7.49. The van der Waals surface area contributed by atoms with Crippen molar-refractivity contribution < 1.29 is 19.4 Å². The first kappa shape index (κ1) is 15.4. The molecule has 0 aliphatic heterocycles. The zero-order valence-electron chi connectivity index (χ0n) is 12.2. The number of esters is 1. The van der Waals surface area contributed by atoms with Crippen molar-refractivity contribution in [3.05, 3.63) is 29.8 Å². The van der Waals surface area contributed by atoms with Crippen LogP contribution in [0.2, 0.25) is 0 Å². The predicted octanol–water partition coefficient (Wildman–Crippen LogP) is 2.92. The molecular weight excluding hydrogens is 270 g/mol. The first-order chi connectivity index (χ1) is 10.1. The van der Waals surface area contributed by atoms with Crippen LogP contribution in [0.1, 0.15) is 43.0 Å². The fourth-order valence-electron chi connectivity index (χ4n) is 2.64. The van der Waals surface area contributed by atoms with Crippen molar-refractivity contribution in [3.63, 3.8) is 0 Å². The van der Waals surface area contributed by atoms with Crippen molar-refractivity contribution in [3.8, 4) is 0 Å². The fourth-order valence-corrected chi connectivity index (χ4v) is 2.64. The standard InChI is InChI=1S/C16H21NO4/c1-2-21-16(20)12-5-9-14(10-6-12)17-13-7-3-11(4-8-13)15(18)19/h5-6,9-11,13,17H,2-4,7-8H2,1H3,(H,18,19). The van der Waals surface area contributed by atoms with E-state index in [1.165, 1.54) is 0 Å². The number of hydrogen-bond acceptors (Lipinski definition) is 4. The molecule has 1 aromatic rings. The van der Waals surface area contributed by atoms with Crippen LogP contribution in [-0.4, -0.2) is 29.7 Å². The highest BCUT2D eigenvalue weighted by atomic mass is 16.5. The molecule has 0 heterocycles. The summed E-state index contributed by atoms with van der Waals surface area (Å²) in [6.07, 6.45) is 3.15. The van der Waals surface area contributed by atoms with E-state index in [1.807, 2.05) is 12.1 Å². The number of carbonyl (C=O) groups excluding carboxylic acids is 1. The molecule has 0 radical (unpaired) electrons. The molecule has 2 rings (SSSR count). The van der Waals surface area contributed by atoms with Gasteiger partial charge in [-0.25, -0.2) is 4.79 Å². The quantitative estimate of drug-likeness (QED) is 0.816. The molecule has 0 saturated heterocycles. The van der Waals surface area contributed by atoms with Crippen LogP contribution in [0.15, 0.2) is 24.3 Å². The number of nitrogens with one attached hydrogen (secondary N) is 1. The van der Waals surface area contributed by atoms with Gasteiger partial charge < -0.3 is 15.2 Å². The maximum Gasteiger partial charge on any atom is 0.338 e. The highest BCUT2D eigenvalue weighted by Gasteiger charge is 2.25. The van der Waals surface area contributed by atoms with Crippen molar-refractivity contribution in [2.75, 3.05) is 11.9 Å². The van der Waals surface area contributed by atoms with Crippen LogP contribution >= 0.6 is 0 Å². The molecule has 1 aliphatic carbocycles. The van der Waals surface area contributed by atoms with Crippen molar-refractivity contribution in [1.29, 1.82) is 0 Å². The number of hydrogen-bond donors (Lipinski definition) is 2. The third-order valence-electron chi connectivity index (χ3n) is 3.84. The minimum Gasteiger partial charge on any atom is -0.481 e. The van der Waals surface area contributed by atoms with Crippen LogP contribution in [-0.2, 0) is 9.53 Å². The van der Waals surface area contributed by atoms with E-state index in [0.717, 1.165) is 18.5 Å². The molecule has 0 atom stereocenters. The molecule has 0 aromatic heterocycles. The zero-order valence-corrected chi connectivity index (χ0v) is 12.2. The average Bonchev–Trinajstić information content (AvgIpc) is 2.49. The van der Waals surface area contributed by atoms with Crippen LogP contribution in [0.4, 0.5) is 5.69 Å². The van der Waals surface area contributed by atoms with Crippen molar-refractivity contribution in [2.45, 2.75) is 38.6 Å². The normalized spacial score (nSPS) is 21.6. The summed E-state index contributed by atoms with van der Waals surface area (Å²) in [4.78, 5) is 22.5. The van der Waals surface area contributed by atoms with Gasteiger partial charge in [0.1, 0.15) is 0 Å². The lowest BCUT2D eigenvalue weighted by Crippen LogP contribution is -2.29. The van der Waals surface area contributed by atoms with Crippen LogP contribution < -0.4 is 5.32 Å². The second-order valence-corrected chi connectivity index (χ2v) is 5.33. The molecule has 5 heteroatoms. The lowest BCUT2D eigenvalue weighted by atomic mass is 9.86. The second kappa shape index (κ2) is 7.11. The number of anilines is 1. The molecule has 0 bridgehead atoms. The number of carboxylic acids is 1. The van der Waals surface area contributed by atoms with Crippen LogP contribution in [0, 0.1) is 5.92 Å². The number of carbonyl (C=O) groups is 2. The molecule has 2 N–H and O–H groups in total. The summed E-state index contributed by atoms with van der Waals surface area (Å²) in [5.41, 5.74) is 1.49. The highest BCUT2D eigenvalue weighted by molar-refractivity contribution is 5.89. The summed E-state index contributed by atoms with van der Waals surface area (Å²) in [5.74, 6) is -1.20. The van der Waals surface area contributed by atoms with Crippen LogP contribution in [0.5, 0.6) is 0 Å². The van der Waals surface area contributed by atoms with Crippen LogP contribution in [0.25, 0.3) is 0 Å².